The van der Waals surface area contributed by atoms with Crippen LogP contribution in [0.5, 0.6) is 5.88 Å². The summed E-state index contributed by atoms with van der Waals surface area (Å²) in [6, 6.07) is 4.89. The van der Waals surface area contributed by atoms with Gasteiger partial charge in [0.15, 0.2) is 11.3 Å². The summed E-state index contributed by atoms with van der Waals surface area (Å²) in [6.45, 7) is 0.792. The van der Waals surface area contributed by atoms with Crippen molar-refractivity contribution in [2.24, 2.45) is 0 Å². The van der Waals surface area contributed by atoms with Crippen molar-refractivity contribution in [2.75, 3.05) is 29.9 Å². The van der Waals surface area contributed by atoms with Crippen molar-refractivity contribution in [2.45, 2.75) is 25.0 Å². The normalized spacial score (nSPS) is 18.7. The fraction of sp³-hybridized carbons (Fsp3) is 0.350. The molecule has 2 aliphatic rings. The SMILES string of the molecule is O=C(Nc1c(OS(=O)(=O)O)nn2ccc(N3CCC[C@@H]3c3cc(F)ccc3Cl)nc12)N1CC(O)C1. The summed E-state index contributed by atoms with van der Waals surface area (Å²) in [4.78, 5) is 20.3. The van der Waals surface area contributed by atoms with E-state index in [1.165, 1.54) is 33.8 Å². The molecular formula is C20H20ClFN6O6S. The van der Waals surface area contributed by atoms with Gasteiger partial charge in [-0.25, -0.2) is 18.7 Å². The molecule has 2 amide bonds. The van der Waals surface area contributed by atoms with Gasteiger partial charge in [-0.1, -0.05) is 11.6 Å². The van der Waals surface area contributed by atoms with Gasteiger partial charge < -0.3 is 19.1 Å². The van der Waals surface area contributed by atoms with E-state index < -0.39 is 34.2 Å². The molecule has 0 bridgehead atoms. The predicted octanol–water partition coefficient (Wildman–Crippen LogP) is 2.25. The maximum absolute atomic E-state index is 13.9. The number of hydrogen-bond acceptors (Lipinski definition) is 8. The average Bonchev–Trinajstić information content (AvgIpc) is 3.37. The number of nitrogens with zero attached hydrogens (tertiary/aromatic N) is 5. The van der Waals surface area contributed by atoms with Gasteiger partial charge >= 0.3 is 16.4 Å². The summed E-state index contributed by atoms with van der Waals surface area (Å²) in [5, 5.41) is 16.3. The van der Waals surface area contributed by atoms with Crippen molar-refractivity contribution >= 4 is 45.2 Å². The molecule has 2 saturated heterocycles. The van der Waals surface area contributed by atoms with Gasteiger partial charge in [-0.2, -0.15) is 8.42 Å². The number of nitrogens with one attached hydrogen (secondary N) is 1. The lowest BCUT2D eigenvalue weighted by molar-refractivity contribution is 0.0309. The highest BCUT2D eigenvalue weighted by Gasteiger charge is 2.33. The Hall–Kier alpha value is -3.20. The molecule has 2 aliphatic heterocycles. The quantitative estimate of drug-likeness (QED) is 0.425. The highest BCUT2D eigenvalue weighted by Crippen LogP contribution is 2.39. The van der Waals surface area contributed by atoms with E-state index in [0.29, 0.717) is 29.4 Å². The van der Waals surface area contributed by atoms with Crippen molar-refractivity contribution in [1.82, 2.24) is 19.5 Å². The number of benzene rings is 1. The largest absolute Gasteiger partial charge is 0.448 e. The number of aromatic nitrogens is 3. The molecule has 2 aromatic heterocycles. The van der Waals surface area contributed by atoms with E-state index in [9.17, 15) is 22.7 Å². The van der Waals surface area contributed by atoms with Crippen molar-refractivity contribution in [3.05, 3.63) is 46.9 Å². The number of rotatable bonds is 5. The number of carbonyl (C=O) groups is 1. The Morgan fingerprint density at radius 1 is 1.29 bits per heavy atom. The molecule has 35 heavy (non-hydrogen) atoms. The summed E-state index contributed by atoms with van der Waals surface area (Å²) in [5.74, 6) is -0.546. The molecule has 186 valence electrons. The summed E-state index contributed by atoms with van der Waals surface area (Å²) in [7, 11) is -4.95. The molecule has 1 atom stereocenters. The molecule has 3 aromatic rings. The number of carbonyl (C=O) groups excluding carboxylic acids is 1. The lowest BCUT2D eigenvalue weighted by Crippen LogP contribution is -2.54. The van der Waals surface area contributed by atoms with E-state index in [1.54, 1.807) is 6.07 Å². The molecule has 0 radical (unpaired) electrons. The van der Waals surface area contributed by atoms with Gasteiger partial charge in [-0.05, 0) is 42.7 Å². The van der Waals surface area contributed by atoms with Crippen LogP contribution in [0.25, 0.3) is 5.65 Å². The summed E-state index contributed by atoms with van der Waals surface area (Å²) in [6.07, 6.45) is 2.33. The molecule has 0 aliphatic carbocycles. The van der Waals surface area contributed by atoms with Crippen LogP contribution in [0, 0.1) is 5.82 Å². The summed E-state index contributed by atoms with van der Waals surface area (Å²) < 4.78 is 51.5. The highest BCUT2D eigenvalue weighted by molar-refractivity contribution is 7.81. The summed E-state index contributed by atoms with van der Waals surface area (Å²) in [5.41, 5.74) is 0.474. The standard InChI is InChI=1S/C20H20ClFN6O6S/c21-14-4-3-11(22)8-13(14)15-2-1-6-27(15)16-5-7-28-18(23-16)17(19(25-28)34-35(31,32)33)24-20(30)26-9-12(29)10-26/h3-5,7-8,12,15,29H,1-2,6,9-10H2,(H,24,30)(H,31,32,33)/t15-/m1/s1. The Kier molecular flexibility index (Phi) is 5.91. The number of fused-ring (bicyclic) bond motifs is 1. The Bertz CT molecular complexity index is 1410. The number of hydrogen-bond donors (Lipinski definition) is 3. The number of amides is 2. The van der Waals surface area contributed by atoms with Gasteiger partial charge in [-0.3, -0.25) is 9.87 Å². The fourth-order valence-corrected chi connectivity index (χ4v) is 4.83. The second kappa shape index (κ2) is 8.78. The molecule has 1 aromatic carbocycles. The van der Waals surface area contributed by atoms with Crippen LogP contribution in [-0.4, -0.2) is 69.3 Å². The number of aliphatic hydroxyl groups is 1. The van der Waals surface area contributed by atoms with Crippen LogP contribution in [0.3, 0.4) is 0 Å². The molecule has 3 N–H and O–H groups in total. The van der Waals surface area contributed by atoms with Crippen LogP contribution in [0.15, 0.2) is 30.5 Å². The van der Waals surface area contributed by atoms with Crippen molar-refractivity contribution in [1.29, 1.82) is 0 Å². The minimum atomic E-state index is -4.95. The second-order valence-electron chi connectivity index (χ2n) is 8.25. The summed E-state index contributed by atoms with van der Waals surface area (Å²) >= 11 is 6.34. The first-order valence-corrected chi connectivity index (χ1v) is 12.4. The van der Waals surface area contributed by atoms with E-state index in [1.807, 2.05) is 4.90 Å². The van der Waals surface area contributed by atoms with Crippen LogP contribution < -0.4 is 14.4 Å². The number of β-amino-alcohol motifs (C(OH)–C–C–N with tert-alkyl or cyclic N) is 1. The zero-order valence-corrected chi connectivity index (χ0v) is 19.6. The van der Waals surface area contributed by atoms with E-state index in [0.717, 1.165) is 6.42 Å². The third kappa shape index (κ3) is 4.69. The first-order valence-electron chi connectivity index (χ1n) is 10.6. The minimum absolute atomic E-state index is 0.0477. The number of urea groups is 1. The van der Waals surface area contributed by atoms with Gasteiger partial charge in [0.25, 0.3) is 5.88 Å². The van der Waals surface area contributed by atoms with Crippen LogP contribution in [-0.2, 0) is 10.4 Å². The first-order chi connectivity index (χ1) is 16.6. The molecule has 4 heterocycles. The van der Waals surface area contributed by atoms with E-state index in [2.05, 4.69) is 19.6 Å². The van der Waals surface area contributed by atoms with Gasteiger partial charge in [0, 0.05) is 17.8 Å². The average molecular weight is 527 g/mol. The Balaban J connectivity index is 1.54. The molecular weight excluding hydrogens is 507 g/mol. The molecule has 12 nitrogen and oxygen atoms in total. The number of halogens is 2. The van der Waals surface area contributed by atoms with E-state index in [4.69, 9.17) is 16.2 Å². The van der Waals surface area contributed by atoms with Crippen LogP contribution in [0.4, 0.5) is 20.7 Å². The lowest BCUT2D eigenvalue weighted by atomic mass is 10.0. The van der Waals surface area contributed by atoms with Crippen LogP contribution in [0.1, 0.15) is 24.4 Å². The predicted molar refractivity (Wildman–Crippen MR) is 122 cm³/mol. The molecule has 2 fully saturated rings. The zero-order valence-electron chi connectivity index (χ0n) is 18.0. The first kappa shape index (κ1) is 23.5. The molecule has 15 heteroatoms. The molecule has 0 spiro atoms. The molecule has 5 rings (SSSR count). The Morgan fingerprint density at radius 2 is 2.06 bits per heavy atom. The third-order valence-electron chi connectivity index (χ3n) is 5.87. The highest BCUT2D eigenvalue weighted by atomic mass is 35.5. The topological polar surface area (TPSA) is 150 Å². The number of likely N-dealkylation sites (tertiary alicyclic amines) is 1. The monoisotopic (exact) mass is 526 g/mol. The molecule has 0 unspecified atom stereocenters. The lowest BCUT2D eigenvalue weighted by Gasteiger charge is -2.35. The van der Waals surface area contributed by atoms with E-state index >= 15 is 0 Å². The van der Waals surface area contributed by atoms with Gasteiger partial charge in [0.05, 0.1) is 25.2 Å². The maximum Gasteiger partial charge on any atom is 0.448 e. The maximum atomic E-state index is 13.9. The van der Waals surface area contributed by atoms with Gasteiger partial charge in [0.1, 0.15) is 11.6 Å². The Labute approximate surface area is 203 Å². The second-order valence-corrected chi connectivity index (χ2v) is 9.68. The Morgan fingerprint density at radius 3 is 2.77 bits per heavy atom. The van der Waals surface area contributed by atoms with Crippen molar-refractivity contribution < 1.29 is 31.4 Å². The molecule has 0 saturated carbocycles. The van der Waals surface area contributed by atoms with Crippen molar-refractivity contribution in [3.8, 4) is 5.88 Å². The van der Waals surface area contributed by atoms with Crippen molar-refractivity contribution in [3.63, 3.8) is 0 Å². The van der Waals surface area contributed by atoms with Gasteiger partial charge in [-0.15, -0.1) is 5.10 Å². The smallest absolute Gasteiger partial charge is 0.389 e. The minimum Gasteiger partial charge on any atom is -0.389 e. The third-order valence-corrected chi connectivity index (χ3v) is 6.58. The van der Waals surface area contributed by atoms with Crippen LogP contribution in [0.2, 0.25) is 5.02 Å². The zero-order chi connectivity index (χ0) is 24.9. The number of anilines is 2. The number of aliphatic hydroxyl groups excluding tert-OH is 1. The fourth-order valence-electron chi connectivity index (χ4n) is 4.27. The van der Waals surface area contributed by atoms with Crippen LogP contribution >= 0.6 is 11.6 Å². The van der Waals surface area contributed by atoms with Gasteiger partial charge in [0.2, 0.25) is 0 Å². The van der Waals surface area contributed by atoms with E-state index in [-0.39, 0.29) is 30.5 Å².